The van der Waals surface area contributed by atoms with Gasteiger partial charge in [-0.25, -0.2) is 26.3 Å². The highest BCUT2D eigenvalue weighted by Gasteiger charge is 2.17. The van der Waals surface area contributed by atoms with Crippen LogP contribution < -0.4 is 15.2 Å². The smallest absolute Gasteiger partial charge is 0.240 e. The molecular formula is C11H19N3O4S2. The number of benzene rings is 1. The first kappa shape index (κ1) is 17.1. The summed E-state index contributed by atoms with van der Waals surface area (Å²) in [6, 6.07) is 4.79. The average Bonchev–Trinajstić information content (AvgIpc) is 2.37. The fourth-order valence-corrected chi connectivity index (χ4v) is 3.59. The standard InChI is InChI=1S/C11H19N3O4S2/c1-9-7-10(8-12)3-4-11(9)20(17,18)14-5-6-19(15,16)13-2/h3-4,7,13-14H,5-6,8,12H2,1-2H3. The molecule has 0 fully saturated rings. The lowest BCUT2D eigenvalue weighted by Crippen LogP contribution is -2.33. The van der Waals surface area contributed by atoms with Crippen LogP contribution in [-0.4, -0.2) is 36.2 Å². The first-order valence-electron chi connectivity index (χ1n) is 5.92. The van der Waals surface area contributed by atoms with Gasteiger partial charge in [-0.1, -0.05) is 12.1 Å². The summed E-state index contributed by atoms with van der Waals surface area (Å²) in [6.45, 7) is 1.80. The second-order valence-electron chi connectivity index (χ2n) is 4.22. The molecule has 9 heteroatoms. The fourth-order valence-electron chi connectivity index (χ4n) is 1.63. The first-order valence-corrected chi connectivity index (χ1v) is 9.06. The molecule has 0 unspecified atom stereocenters. The minimum Gasteiger partial charge on any atom is -0.326 e. The lowest BCUT2D eigenvalue weighted by molar-refractivity contribution is 0.578. The molecule has 1 aromatic carbocycles. The lowest BCUT2D eigenvalue weighted by Gasteiger charge is -2.10. The molecule has 0 aliphatic rings. The van der Waals surface area contributed by atoms with Crippen LogP contribution in [0.1, 0.15) is 11.1 Å². The van der Waals surface area contributed by atoms with Crippen LogP contribution >= 0.6 is 0 Å². The molecule has 0 spiro atoms. The van der Waals surface area contributed by atoms with Gasteiger partial charge in [-0.15, -0.1) is 0 Å². The number of rotatable bonds is 7. The molecule has 20 heavy (non-hydrogen) atoms. The molecule has 0 saturated carbocycles. The van der Waals surface area contributed by atoms with Crippen LogP contribution in [0.4, 0.5) is 0 Å². The Morgan fingerprint density at radius 1 is 1.20 bits per heavy atom. The van der Waals surface area contributed by atoms with Crippen LogP contribution in [0.3, 0.4) is 0 Å². The number of nitrogens with one attached hydrogen (secondary N) is 2. The van der Waals surface area contributed by atoms with E-state index < -0.39 is 20.0 Å². The maximum atomic E-state index is 12.1. The number of hydrogen-bond donors (Lipinski definition) is 3. The Hall–Kier alpha value is -1.00. The quantitative estimate of drug-likeness (QED) is 0.612. The van der Waals surface area contributed by atoms with Gasteiger partial charge in [-0.05, 0) is 31.2 Å². The van der Waals surface area contributed by atoms with Crippen molar-refractivity contribution in [3.05, 3.63) is 29.3 Å². The molecule has 0 amide bonds. The Morgan fingerprint density at radius 2 is 1.85 bits per heavy atom. The summed E-state index contributed by atoms with van der Waals surface area (Å²) >= 11 is 0. The largest absolute Gasteiger partial charge is 0.326 e. The maximum absolute atomic E-state index is 12.1. The van der Waals surface area contributed by atoms with Crippen LogP contribution in [0.2, 0.25) is 0 Å². The predicted octanol–water partition coefficient (Wildman–Crippen LogP) is -0.719. The summed E-state index contributed by atoms with van der Waals surface area (Å²) in [5.74, 6) is -0.317. The summed E-state index contributed by atoms with van der Waals surface area (Å²) in [7, 11) is -5.89. The van der Waals surface area contributed by atoms with E-state index in [1.54, 1.807) is 19.1 Å². The molecule has 0 saturated heterocycles. The van der Waals surface area contributed by atoms with E-state index in [9.17, 15) is 16.8 Å². The van der Waals surface area contributed by atoms with Gasteiger partial charge in [0, 0.05) is 13.1 Å². The third-order valence-electron chi connectivity index (χ3n) is 2.74. The van der Waals surface area contributed by atoms with Gasteiger partial charge in [-0.2, -0.15) is 0 Å². The Bertz CT molecular complexity index is 669. The molecule has 7 nitrogen and oxygen atoms in total. The van der Waals surface area contributed by atoms with Crippen molar-refractivity contribution < 1.29 is 16.8 Å². The van der Waals surface area contributed by atoms with Crippen molar-refractivity contribution in [3.63, 3.8) is 0 Å². The van der Waals surface area contributed by atoms with Crippen LogP contribution in [0, 0.1) is 6.92 Å². The van der Waals surface area contributed by atoms with Gasteiger partial charge in [0.15, 0.2) is 0 Å². The van der Waals surface area contributed by atoms with Gasteiger partial charge in [0.1, 0.15) is 0 Å². The number of aryl methyl sites for hydroxylation is 1. The van der Waals surface area contributed by atoms with Crippen LogP contribution in [0.15, 0.2) is 23.1 Å². The van der Waals surface area contributed by atoms with Gasteiger partial charge in [-0.3, -0.25) is 0 Å². The van der Waals surface area contributed by atoms with Crippen molar-refractivity contribution in [1.29, 1.82) is 0 Å². The molecule has 0 aliphatic carbocycles. The summed E-state index contributed by atoms with van der Waals surface area (Å²) in [4.78, 5) is 0.122. The highest BCUT2D eigenvalue weighted by molar-refractivity contribution is 7.90. The SMILES string of the molecule is CNS(=O)(=O)CCNS(=O)(=O)c1ccc(CN)cc1C. The predicted molar refractivity (Wildman–Crippen MR) is 77.1 cm³/mol. The molecule has 4 N–H and O–H groups in total. The monoisotopic (exact) mass is 321 g/mol. The molecule has 1 aromatic rings. The van der Waals surface area contributed by atoms with E-state index in [0.717, 1.165) is 5.56 Å². The van der Waals surface area contributed by atoms with E-state index >= 15 is 0 Å². The van der Waals surface area contributed by atoms with Crippen molar-refractivity contribution in [2.24, 2.45) is 5.73 Å². The fraction of sp³-hybridized carbons (Fsp3) is 0.455. The zero-order valence-corrected chi connectivity index (χ0v) is 13.0. The van der Waals surface area contributed by atoms with Crippen molar-refractivity contribution >= 4 is 20.0 Å². The second-order valence-corrected chi connectivity index (χ2v) is 8.01. The summed E-state index contributed by atoms with van der Waals surface area (Å²) in [5.41, 5.74) is 6.88. The van der Waals surface area contributed by atoms with Crippen LogP contribution in [-0.2, 0) is 26.6 Å². The van der Waals surface area contributed by atoms with Crippen molar-refractivity contribution in [1.82, 2.24) is 9.44 Å². The molecule has 114 valence electrons. The van der Waals surface area contributed by atoms with Crippen molar-refractivity contribution in [2.75, 3.05) is 19.3 Å². The van der Waals surface area contributed by atoms with Crippen LogP contribution in [0.5, 0.6) is 0 Å². The topological polar surface area (TPSA) is 118 Å². The Morgan fingerprint density at radius 3 is 2.35 bits per heavy atom. The van der Waals surface area contributed by atoms with E-state index in [0.29, 0.717) is 12.1 Å². The number of sulfonamides is 2. The molecule has 0 atom stereocenters. The van der Waals surface area contributed by atoms with E-state index in [4.69, 9.17) is 5.73 Å². The third-order valence-corrected chi connectivity index (χ3v) is 5.72. The molecule has 0 bridgehead atoms. The zero-order valence-electron chi connectivity index (χ0n) is 11.4. The Kier molecular flexibility index (Phi) is 5.66. The second kappa shape index (κ2) is 6.64. The molecule has 0 aliphatic heterocycles. The normalized spacial score (nSPS) is 12.6. The van der Waals surface area contributed by atoms with E-state index in [1.165, 1.54) is 13.1 Å². The molecule has 0 aromatic heterocycles. The number of nitrogens with two attached hydrogens (primary N) is 1. The molecule has 1 rings (SSSR count). The van der Waals surface area contributed by atoms with E-state index in [2.05, 4.69) is 9.44 Å². The minimum atomic E-state index is -3.73. The third kappa shape index (κ3) is 4.53. The van der Waals surface area contributed by atoms with Crippen LogP contribution in [0.25, 0.3) is 0 Å². The lowest BCUT2D eigenvalue weighted by atomic mass is 10.1. The zero-order chi connectivity index (χ0) is 15.4. The number of hydrogen-bond acceptors (Lipinski definition) is 5. The Balaban J connectivity index is 2.84. The van der Waals surface area contributed by atoms with Gasteiger partial charge in [0.25, 0.3) is 0 Å². The summed E-state index contributed by atoms with van der Waals surface area (Å²) in [5, 5.41) is 0. The maximum Gasteiger partial charge on any atom is 0.240 e. The average molecular weight is 321 g/mol. The minimum absolute atomic E-state index is 0.122. The first-order chi connectivity index (χ1) is 9.22. The molecular weight excluding hydrogens is 302 g/mol. The molecule has 0 heterocycles. The van der Waals surface area contributed by atoms with Gasteiger partial charge in [0.2, 0.25) is 20.0 Å². The van der Waals surface area contributed by atoms with Gasteiger partial charge < -0.3 is 5.73 Å². The summed E-state index contributed by atoms with van der Waals surface area (Å²) in [6.07, 6.45) is 0. The van der Waals surface area contributed by atoms with E-state index in [-0.39, 0.29) is 17.2 Å². The molecule has 0 radical (unpaired) electrons. The van der Waals surface area contributed by atoms with Gasteiger partial charge >= 0.3 is 0 Å². The Labute approximate surface area is 119 Å². The van der Waals surface area contributed by atoms with Gasteiger partial charge in [0.05, 0.1) is 10.6 Å². The van der Waals surface area contributed by atoms with Crippen molar-refractivity contribution in [2.45, 2.75) is 18.4 Å². The highest BCUT2D eigenvalue weighted by atomic mass is 32.2. The van der Waals surface area contributed by atoms with Crippen molar-refractivity contribution in [3.8, 4) is 0 Å². The summed E-state index contributed by atoms with van der Waals surface area (Å²) < 4.78 is 50.9. The van der Waals surface area contributed by atoms with E-state index in [1.807, 2.05) is 0 Å². The highest BCUT2D eigenvalue weighted by Crippen LogP contribution is 2.16.